The second kappa shape index (κ2) is 7.12. The summed E-state index contributed by atoms with van der Waals surface area (Å²) < 4.78 is 5.30. The average Bonchev–Trinajstić information content (AvgIpc) is 2.49. The third-order valence-electron chi connectivity index (χ3n) is 3.08. The van der Waals surface area contributed by atoms with E-state index in [2.05, 4.69) is 25.7 Å². The summed E-state index contributed by atoms with van der Waals surface area (Å²) in [6, 6.07) is 4.85. The topological polar surface area (TPSA) is 112 Å². The highest BCUT2D eigenvalue weighted by atomic mass is 16.5. The van der Waals surface area contributed by atoms with Gasteiger partial charge in [0, 0.05) is 5.41 Å². The molecule has 3 N–H and O–H groups in total. The van der Waals surface area contributed by atoms with Crippen LogP contribution in [0.1, 0.15) is 39.0 Å². The summed E-state index contributed by atoms with van der Waals surface area (Å²) in [5.74, 6) is 0.590. The molecule has 1 aromatic carbocycles. The van der Waals surface area contributed by atoms with Crippen LogP contribution < -0.4 is 15.7 Å². The Hall–Kier alpha value is -2.90. The lowest BCUT2D eigenvalue weighted by Crippen LogP contribution is -2.28. The Labute approximate surface area is 139 Å². The molecule has 128 valence electrons. The third-order valence-corrected chi connectivity index (χ3v) is 3.08. The van der Waals surface area contributed by atoms with E-state index in [9.17, 15) is 9.90 Å². The SMILES string of the molecule is CCOc1cc(/C=N\Nc2nnc(C(C)(C)C)c(=O)[nH]2)ccc1O. The largest absolute Gasteiger partial charge is 0.504 e. The number of nitrogens with zero attached hydrogens (tertiary/aromatic N) is 3. The van der Waals surface area contributed by atoms with Gasteiger partial charge in [0.1, 0.15) is 5.69 Å². The molecule has 1 aromatic heterocycles. The number of phenolic OH excluding ortho intramolecular Hbond substituents is 1. The summed E-state index contributed by atoms with van der Waals surface area (Å²) in [5, 5.41) is 21.5. The molecule has 8 heteroatoms. The molecule has 0 unspecified atom stereocenters. The van der Waals surface area contributed by atoms with E-state index >= 15 is 0 Å². The molecule has 1 heterocycles. The minimum Gasteiger partial charge on any atom is -0.504 e. The minimum atomic E-state index is -0.385. The fourth-order valence-electron chi connectivity index (χ4n) is 1.93. The number of H-pyrrole nitrogens is 1. The number of benzene rings is 1. The molecule has 0 aliphatic heterocycles. The van der Waals surface area contributed by atoms with Crippen LogP contribution in [0.15, 0.2) is 28.1 Å². The van der Waals surface area contributed by atoms with Crippen LogP contribution in [0.2, 0.25) is 0 Å². The maximum Gasteiger partial charge on any atom is 0.274 e. The highest BCUT2D eigenvalue weighted by Gasteiger charge is 2.20. The first kappa shape index (κ1) is 17.5. The molecule has 0 spiro atoms. The van der Waals surface area contributed by atoms with Crippen molar-refractivity contribution in [3.63, 3.8) is 0 Å². The van der Waals surface area contributed by atoms with E-state index < -0.39 is 0 Å². The Morgan fingerprint density at radius 1 is 1.38 bits per heavy atom. The number of rotatable bonds is 5. The number of nitrogens with one attached hydrogen (secondary N) is 2. The number of aromatic amines is 1. The summed E-state index contributed by atoms with van der Waals surface area (Å²) in [6.45, 7) is 7.94. The van der Waals surface area contributed by atoms with E-state index in [1.54, 1.807) is 12.1 Å². The molecule has 0 saturated heterocycles. The van der Waals surface area contributed by atoms with Crippen molar-refractivity contribution in [2.45, 2.75) is 33.1 Å². The van der Waals surface area contributed by atoms with Crippen molar-refractivity contribution in [1.82, 2.24) is 15.2 Å². The second-order valence-electron chi connectivity index (χ2n) is 6.13. The van der Waals surface area contributed by atoms with Crippen LogP contribution in [-0.2, 0) is 5.41 Å². The van der Waals surface area contributed by atoms with Crippen LogP contribution in [0.5, 0.6) is 11.5 Å². The van der Waals surface area contributed by atoms with Crippen LogP contribution in [0, 0.1) is 0 Å². The van der Waals surface area contributed by atoms with Gasteiger partial charge in [-0.2, -0.15) is 5.10 Å². The summed E-state index contributed by atoms with van der Waals surface area (Å²) >= 11 is 0. The van der Waals surface area contributed by atoms with Crippen molar-refractivity contribution in [1.29, 1.82) is 0 Å². The maximum atomic E-state index is 12.0. The minimum absolute atomic E-state index is 0.0647. The van der Waals surface area contributed by atoms with Gasteiger partial charge in [-0.1, -0.05) is 20.8 Å². The van der Waals surface area contributed by atoms with Crippen LogP contribution in [0.4, 0.5) is 5.95 Å². The summed E-state index contributed by atoms with van der Waals surface area (Å²) in [5.41, 5.74) is 3.00. The van der Waals surface area contributed by atoms with Gasteiger partial charge in [0.25, 0.3) is 5.56 Å². The maximum absolute atomic E-state index is 12.0. The van der Waals surface area contributed by atoms with Crippen LogP contribution in [0.25, 0.3) is 0 Å². The zero-order valence-corrected chi connectivity index (χ0v) is 14.1. The number of ether oxygens (including phenoxy) is 1. The molecule has 2 aromatic rings. The number of phenols is 1. The van der Waals surface area contributed by atoms with E-state index in [0.717, 1.165) is 0 Å². The lowest BCUT2D eigenvalue weighted by molar-refractivity contribution is 0.318. The normalized spacial score (nSPS) is 11.7. The molecule has 2 rings (SSSR count). The molecule has 8 nitrogen and oxygen atoms in total. The van der Waals surface area contributed by atoms with Crippen molar-refractivity contribution < 1.29 is 9.84 Å². The number of aromatic nitrogens is 3. The van der Waals surface area contributed by atoms with Crippen LogP contribution in [0.3, 0.4) is 0 Å². The molecule has 24 heavy (non-hydrogen) atoms. The van der Waals surface area contributed by atoms with Crippen LogP contribution in [-0.4, -0.2) is 33.1 Å². The highest BCUT2D eigenvalue weighted by Crippen LogP contribution is 2.26. The fraction of sp³-hybridized carbons (Fsp3) is 0.375. The van der Waals surface area contributed by atoms with E-state index in [0.29, 0.717) is 23.6 Å². The Kier molecular flexibility index (Phi) is 5.18. The highest BCUT2D eigenvalue weighted by molar-refractivity contribution is 5.81. The average molecular weight is 331 g/mol. The molecular formula is C16H21N5O3. The van der Waals surface area contributed by atoms with Crippen LogP contribution >= 0.6 is 0 Å². The van der Waals surface area contributed by atoms with Crippen molar-refractivity contribution in [3.05, 3.63) is 39.8 Å². The van der Waals surface area contributed by atoms with E-state index in [1.807, 2.05) is 27.7 Å². The molecule has 0 aliphatic rings. The van der Waals surface area contributed by atoms with Crippen molar-refractivity contribution in [2.24, 2.45) is 5.10 Å². The standard InChI is InChI=1S/C16H21N5O3/c1-5-24-12-8-10(6-7-11(12)22)9-17-20-15-18-14(23)13(19-21-15)16(2,3)4/h6-9,22H,5H2,1-4H3,(H2,18,20,21,23)/b17-9-. The molecule has 0 atom stereocenters. The van der Waals surface area contributed by atoms with Gasteiger partial charge in [-0.25, -0.2) is 5.43 Å². The van der Waals surface area contributed by atoms with Gasteiger partial charge in [0.15, 0.2) is 11.5 Å². The third kappa shape index (κ3) is 4.31. The quantitative estimate of drug-likeness (QED) is 0.571. The molecular weight excluding hydrogens is 310 g/mol. The molecule has 0 bridgehead atoms. The predicted octanol–water partition coefficient (Wildman–Crippen LogP) is 2.01. The Morgan fingerprint density at radius 2 is 2.12 bits per heavy atom. The first-order valence-corrected chi connectivity index (χ1v) is 7.53. The molecule has 0 fully saturated rings. The predicted molar refractivity (Wildman–Crippen MR) is 91.8 cm³/mol. The van der Waals surface area contributed by atoms with Gasteiger partial charge in [0.05, 0.1) is 12.8 Å². The summed E-state index contributed by atoms with van der Waals surface area (Å²) in [6.07, 6.45) is 1.51. The Bertz CT molecular complexity index is 793. The number of aromatic hydroxyl groups is 1. The fourth-order valence-corrected chi connectivity index (χ4v) is 1.93. The zero-order valence-electron chi connectivity index (χ0n) is 14.1. The number of hydrogen-bond donors (Lipinski definition) is 3. The second-order valence-corrected chi connectivity index (χ2v) is 6.13. The van der Waals surface area contributed by atoms with Gasteiger partial charge >= 0.3 is 0 Å². The summed E-state index contributed by atoms with van der Waals surface area (Å²) in [4.78, 5) is 14.6. The van der Waals surface area contributed by atoms with Gasteiger partial charge in [-0.15, -0.1) is 10.2 Å². The number of anilines is 1. The lowest BCUT2D eigenvalue weighted by Gasteiger charge is -2.15. The van der Waals surface area contributed by atoms with Crippen molar-refractivity contribution in [3.8, 4) is 11.5 Å². The Morgan fingerprint density at radius 3 is 2.75 bits per heavy atom. The molecule has 0 aliphatic carbocycles. The number of hydrogen-bond acceptors (Lipinski definition) is 7. The zero-order chi connectivity index (χ0) is 17.7. The van der Waals surface area contributed by atoms with Gasteiger partial charge in [0.2, 0.25) is 5.95 Å². The molecule has 0 saturated carbocycles. The van der Waals surface area contributed by atoms with Gasteiger partial charge < -0.3 is 9.84 Å². The van der Waals surface area contributed by atoms with E-state index in [-0.39, 0.29) is 22.7 Å². The first-order chi connectivity index (χ1) is 11.3. The van der Waals surface area contributed by atoms with Gasteiger partial charge in [-0.3, -0.25) is 9.78 Å². The lowest BCUT2D eigenvalue weighted by atomic mass is 9.93. The van der Waals surface area contributed by atoms with Crippen molar-refractivity contribution in [2.75, 3.05) is 12.0 Å². The smallest absolute Gasteiger partial charge is 0.274 e. The molecule has 0 radical (unpaired) electrons. The van der Waals surface area contributed by atoms with E-state index in [1.165, 1.54) is 12.3 Å². The first-order valence-electron chi connectivity index (χ1n) is 7.53. The monoisotopic (exact) mass is 331 g/mol. The van der Waals surface area contributed by atoms with Gasteiger partial charge in [-0.05, 0) is 30.7 Å². The van der Waals surface area contributed by atoms with Crippen molar-refractivity contribution >= 4 is 12.2 Å². The Balaban J connectivity index is 2.11. The molecule has 0 amide bonds. The number of hydrazone groups is 1. The summed E-state index contributed by atoms with van der Waals surface area (Å²) in [7, 11) is 0. The van der Waals surface area contributed by atoms with E-state index in [4.69, 9.17) is 4.74 Å².